The molecular weight excluding hydrogens is 600 g/mol. The van der Waals surface area contributed by atoms with Crippen molar-refractivity contribution >= 4 is 17.9 Å². The minimum absolute atomic E-state index is 0.00239. The van der Waals surface area contributed by atoms with E-state index in [-0.39, 0.29) is 58.0 Å². The zero-order chi connectivity index (χ0) is 31.7. The molecule has 46 heavy (non-hydrogen) atoms. The number of carbonyl (C=O) groups excluding carboxylic acids is 3. The Morgan fingerprint density at radius 3 is 1.00 bits per heavy atom. The molecule has 0 aromatic heterocycles. The van der Waals surface area contributed by atoms with Gasteiger partial charge in [0, 0.05) is 0 Å². The zero-order valence-electron chi connectivity index (χ0n) is 25.0. The highest BCUT2D eigenvalue weighted by molar-refractivity contribution is 5.90. The average Bonchev–Trinajstić information content (AvgIpc) is 3.93. The van der Waals surface area contributed by atoms with Gasteiger partial charge in [-0.3, -0.25) is 0 Å². The highest BCUT2D eigenvalue weighted by Gasteiger charge is 2.26. The third-order valence-electron chi connectivity index (χ3n) is 7.14. The van der Waals surface area contributed by atoms with E-state index in [1.807, 2.05) is 0 Å². The molecule has 3 saturated heterocycles. The summed E-state index contributed by atoms with van der Waals surface area (Å²) < 4.78 is 48.8. The van der Waals surface area contributed by atoms with E-state index in [9.17, 15) is 14.4 Å². The standard InChI is InChI=1S/C34H34O12/c35-31(41-19-28-16-38-28)25-7-1-22(2-8-25)13-44-34(45-14-23-3-9-26(10-4-23)32(36)42-20-29-17-39-29)46-15-24-5-11-27(12-6-24)33(37)43-21-30-18-40-30/h1-12,28-30,34H,13-21H2. The minimum Gasteiger partial charge on any atom is -0.459 e. The summed E-state index contributed by atoms with van der Waals surface area (Å²) in [4.78, 5) is 36.7. The predicted molar refractivity (Wildman–Crippen MR) is 158 cm³/mol. The van der Waals surface area contributed by atoms with Gasteiger partial charge in [-0.1, -0.05) is 36.4 Å². The van der Waals surface area contributed by atoms with Crippen LogP contribution >= 0.6 is 0 Å². The first-order valence-corrected chi connectivity index (χ1v) is 15.0. The van der Waals surface area contributed by atoms with E-state index in [1.165, 1.54) is 0 Å². The third kappa shape index (κ3) is 10.2. The highest BCUT2D eigenvalue weighted by atomic mass is 16.8. The summed E-state index contributed by atoms with van der Waals surface area (Å²) in [7, 11) is 0. The van der Waals surface area contributed by atoms with Crippen molar-refractivity contribution in [1.82, 2.24) is 0 Å². The molecule has 3 fully saturated rings. The van der Waals surface area contributed by atoms with Crippen molar-refractivity contribution in [1.29, 1.82) is 0 Å². The normalized spacial score (nSPS) is 20.0. The Morgan fingerprint density at radius 2 is 0.761 bits per heavy atom. The molecule has 3 aliphatic heterocycles. The van der Waals surface area contributed by atoms with Gasteiger partial charge in [0.25, 0.3) is 6.48 Å². The lowest BCUT2D eigenvalue weighted by Gasteiger charge is -2.19. The quantitative estimate of drug-likeness (QED) is 0.0873. The fourth-order valence-corrected chi connectivity index (χ4v) is 4.10. The molecule has 0 bridgehead atoms. The molecule has 3 aliphatic rings. The lowest BCUT2D eigenvalue weighted by molar-refractivity contribution is -0.302. The van der Waals surface area contributed by atoms with E-state index in [4.69, 9.17) is 42.6 Å². The van der Waals surface area contributed by atoms with Gasteiger partial charge in [-0.05, 0) is 53.1 Å². The number of esters is 3. The molecule has 0 amide bonds. The smallest absolute Gasteiger partial charge is 0.338 e. The van der Waals surface area contributed by atoms with Crippen LogP contribution in [0.15, 0.2) is 72.8 Å². The predicted octanol–water partition coefficient (Wildman–Crippen LogP) is 3.59. The Hall–Kier alpha value is -4.17. The van der Waals surface area contributed by atoms with Crippen LogP contribution in [0.3, 0.4) is 0 Å². The minimum atomic E-state index is -1.06. The van der Waals surface area contributed by atoms with E-state index in [1.54, 1.807) is 72.8 Å². The van der Waals surface area contributed by atoms with Crippen molar-refractivity contribution in [2.24, 2.45) is 0 Å². The van der Waals surface area contributed by atoms with Gasteiger partial charge in [-0.15, -0.1) is 0 Å². The van der Waals surface area contributed by atoms with Crippen LogP contribution < -0.4 is 0 Å². The molecule has 242 valence electrons. The SMILES string of the molecule is O=C(OCC1CO1)c1ccc(COC(OCc2ccc(C(=O)OCC3CO3)cc2)OCc2ccc(C(=O)OCC3CO3)cc2)cc1. The van der Waals surface area contributed by atoms with Crippen LogP contribution in [-0.2, 0) is 62.5 Å². The van der Waals surface area contributed by atoms with Crippen molar-refractivity contribution in [2.45, 2.75) is 44.6 Å². The Bertz CT molecular complexity index is 1280. The van der Waals surface area contributed by atoms with Gasteiger partial charge >= 0.3 is 17.9 Å². The Balaban J connectivity index is 1.02. The lowest BCUT2D eigenvalue weighted by atomic mass is 10.1. The first-order valence-electron chi connectivity index (χ1n) is 15.0. The first-order chi connectivity index (χ1) is 22.5. The molecule has 3 aromatic rings. The van der Waals surface area contributed by atoms with Crippen molar-refractivity contribution < 1.29 is 57.0 Å². The van der Waals surface area contributed by atoms with Crippen molar-refractivity contribution in [3.63, 3.8) is 0 Å². The van der Waals surface area contributed by atoms with Gasteiger partial charge in [0.2, 0.25) is 0 Å². The molecule has 3 aromatic carbocycles. The molecule has 0 N–H and O–H groups in total. The largest absolute Gasteiger partial charge is 0.459 e. The first kappa shape index (κ1) is 31.8. The second-order valence-electron chi connectivity index (χ2n) is 11.0. The van der Waals surface area contributed by atoms with Gasteiger partial charge in [-0.25, -0.2) is 14.4 Å². The maximum atomic E-state index is 12.2. The molecular formula is C34H34O12. The number of hydrogen-bond acceptors (Lipinski definition) is 12. The molecule has 12 heteroatoms. The summed E-state index contributed by atoms with van der Waals surface area (Å²) in [5.41, 5.74) is 3.65. The molecule has 6 rings (SSSR count). The van der Waals surface area contributed by atoms with Crippen molar-refractivity contribution in [3.05, 3.63) is 106 Å². The summed E-state index contributed by atoms with van der Waals surface area (Å²) in [5.74, 6) is -1.25. The van der Waals surface area contributed by atoms with Gasteiger partial charge in [0.1, 0.15) is 38.1 Å². The number of carbonyl (C=O) groups is 3. The van der Waals surface area contributed by atoms with Crippen LogP contribution in [0.5, 0.6) is 0 Å². The van der Waals surface area contributed by atoms with Gasteiger partial charge in [-0.2, -0.15) is 0 Å². The monoisotopic (exact) mass is 634 g/mol. The number of epoxide rings is 3. The molecule has 3 atom stereocenters. The van der Waals surface area contributed by atoms with Crippen molar-refractivity contribution in [3.8, 4) is 0 Å². The van der Waals surface area contributed by atoms with Gasteiger partial charge < -0.3 is 42.6 Å². The van der Waals surface area contributed by atoms with Crippen LogP contribution in [0.4, 0.5) is 0 Å². The fourth-order valence-electron chi connectivity index (χ4n) is 4.10. The fraction of sp³-hybridized carbons (Fsp3) is 0.382. The number of rotatable bonds is 18. The van der Waals surface area contributed by atoms with Gasteiger partial charge in [0.15, 0.2) is 0 Å². The summed E-state index contributed by atoms with van der Waals surface area (Å²) in [6.45, 7) is 1.92. The van der Waals surface area contributed by atoms with Crippen LogP contribution in [0.25, 0.3) is 0 Å². The summed E-state index contributed by atoms with van der Waals surface area (Å²) in [6.07, 6.45) is -0.00718. The Morgan fingerprint density at radius 1 is 0.500 bits per heavy atom. The Labute approximate surface area is 265 Å². The molecule has 0 spiro atoms. The number of benzene rings is 3. The maximum Gasteiger partial charge on any atom is 0.338 e. The average molecular weight is 635 g/mol. The van der Waals surface area contributed by atoms with E-state index >= 15 is 0 Å². The Kier molecular flexibility index (Phi) is 10.7. The zero-order valence-corrected chi connectivity index (χ0v) is 25.0. The molecule has 0 radical (unpaired) electrons. The summed E-state index contributed by atoms with van der Waals surface area (Å²) >= 11 is 0. The number of hydrogen-bond donors (Lipinski definition) is 0. The van der Waals surface area contributed by atoms with E-state index in [0.29, 0.717) is 36.5 Å². The number of ether oxygens (including phenoxy) is 9. The second kappa shape index (κ2) is 15.4. The topological polar surface area (TPSA) is 144 Å². The second-order valence-corrected chi connectivity index (χ2v) is 11.0. The summed E-state index contributed by atoms with van der Waals surface area (Å²) in [5, 5.41) is 0. The van der Waals surface area contributed by atoms with Crippen LogP contribution in [0.1, 0.15) is 47.8 Å². The van der Waals surface area contributed by atoms with Gasteiger partial charge in [0.05, 0.1) is 56.3 Å². The van der Waals surface area contributed by atoms with E-state index in [0.717, 1.165) is 16.7 Å². The lowest BCUT2D eigenvalue weighted by Crippen LogP contribution is -2.21. The molecule has 0 aliphatic carbocycles. The maximum absolute atomic E-state index is 12.2. The van der Waals surface area contributed by atoms with E-state index < -0.39 is 24.4 Å². The molecule has 0 saturated carbocycles. The summed E-state index contributed by atoms with van der Waals surface area (Å²) in [6, 6.07) is 20.6. The van der Waals surface area contributed by atoms with Crippen LogP contribution in [0.2, 0.25) is 0 Å². The van der Waals surface area contributed by atoms with Crippen molar-refractivity contribution in [2.75, 3.05) is 39.6 Å². The van der Waals surface area contributed by atoms with Crippen LogP contribution in [-0.4, -0.2) is 82.3 Å². The van der Waals surface area contributed by atoms with Crippen LogP contribution in [0, 0.1) is 0 Å². The third-order valence-corrected chi connectivity index (χ3v) is 7.14. The molecule has 3 unspecified atom stereocenters. The highest BCUT2D eigenvalue weighted by Crippen LogP contribution is 2.17. The van der Waals surface area contributed by atoms with E-state index in [2.05, 4.69) is 0 Å². The molecule has 12 nitrogen and oxygen atoms in total. The molecule has 3 heterocycles.